The monoisotopic (exact) mass is 266 g/mol. The molecule has 0 N–H and O–H groups in total. The first-order valence-corrected chi connectivity index (χ1v) is 6.24. The van der Waals surface area contributed by atoms with Gasteiger partial charge in [-0.05, 0) is 30.9 Å². The summed E-state index contributed by atoms with van der Waals surface area (Å²) in [6.07, 6.45) is -0.503. The predicted molar refractivity (Wildman–Crippen MR) is 65.4 cm³/mol. The van der Waals surface area contributed by atoms with Crippen LogP contribution >= 0.6 is 0 Å². The standard InChI is InChI=1S/C14H13F3N2/c15-14(16,17)12-4-2-1-3-11(12)13-7-8-18-19(13)9-10-5-6-10/h1-4,7-8,10H,5-6,9H2. The van der Waals surface area contributed by atoms with Crippen molar-refractivity contribution in [1.82, 2.24) is 9.78 Å². The highest BCUT2D eigenvalue weighted by atomic mass is 19.4. The molecule has 5 heteroatoms. The topological polar surface area (TPSA) is 17.8 Å². The Bertz CT molecular complexity index is 582. The summed E-state index contributed by atoms with van der Waals surface area (Å²) in [6.45, 7) is 0.703. The Labute approximate surface area is 108 Å². The van der Waals surface area contributed by atoms with Crippen molar-refractivity contribution in [3.63, 3.8) is 0 Å². The van der Waals surface area contributed by atoms with Crippen molar-refractivity contribution in [2.24, 2.45) is 5.92 Å². The molecule has 1 heterocycles. The molecule has 1 saturated carbocycles. The first-order valence-electron chi connectivity index (χ1n) is 6.24. The highest BCUT2D eigenvalue weighted by Crippen LogP contribution is 2.38. The Morgan fingerprint density at radius 2 is 1.89 bits per heavy atom. The lowest BCUT2D eigenvalue weighted by atomic mass is 10.0. The second kappa shape index (κ2) is 4.40. The quantitative estimate of drug-likeness (QED) is 0.821. The Morgan fingerprint density at radius 1 is 1.16 bits per heavy atom. The summed E-state index contributed by atoms with van der Waals surface area (Å²) in [4.78, 5) is 0. The average Bonchev–Trinajstić information content (AvgIpc) is 3.05. The molecule has 0 unspecified atom stereocenters. The van der Waals surface area contributed by atoms with Crippen LogP contribution in [-0.4, -0.2) is 9.78 Å². The smallest absolute Gasteiger partial charge is 0.265 e. The molecule has 0 bridgehead atoms. The van der Waals surface area contributed by atoms with E-state index in [0.29, 0.717) is 18.2 Å². The molecule has 1 aliphatic carbocycles. The molecule has 1 aromatic heterocycles. The van der Waals surface area contributed by atoms with Gasteiger partial charge in [0, 0.05) is 18.3 Å². The van der Waals surface area contributed by atoms with E-state index in [4.69, 9.17) is 0 Å². The Balaban J connectivity index is 2.04. The number of aromatic nitrogens is 2. The number of hydrogen-bond acceptors (Lipinski definition) is 1. The molecule has 1 aromatic carbocycles. The van der Waals surface area contributed by atoms with Crippen molar-refractivity contribution in [3.05, 3.63) is 42.1 Å². The van der Waals surface area contributed by atoms with Gasteiger partial charge < -0.3 is 0 Å². The Morgan fingerprint density at radius 3 is 2.58 bits per heavy atom. The van der Waals surface area contributed by atoms with Gasteiger partial charge in [-0.15, -0.1) is 0 Å². The first-order chi connectivity index (χ1) is 9.05. The minimum Gasteiger partial charge on any atom is -0.265 e. The Hall–Kier alpha value is -1.78. The summed E-state index contributed by atoms with van der Waals surface area (Å²) in [5.74, 6) is 0.566. The number of rotatable bonds is 3. The fourth-order valence-corrected chi connectivity index (χ4v) is 2.21. The van der Waals surface area contributed by atoms with Gasteiger partial charge in [-0.1, -0.05) is 18.2 Å². The molecular weight excluding hydrogens is 253 g/mol. The molecule has 0 amide bonds. The average molecular weight is 266 g/mol. The summed E-state index contributed by atoms with van der Waals surface area (Å²) in [6, 6.07) is 7.30. The van der Waals surface area contributed by atoms with Crippen molar-refractivity contribution in [2.45, 2.75) is 25.6 Å². The fraction of sp³-hybridized carbons (Fsp3) is 0.357. The molecule has 0 saturated heterocycles. The fourth-order valence-electron chi connectivity index (χ4n) is 2.21. The van der Waals surface area contributed by atoms with E-state index in [1.807, 2.05) is 0 Å². The van der Waals surface area contributed by atoms with Crippen LogP contribution in [0.3, 0.4) is 0 Å². The molecule has 0 radical (unpaired) electrons. The maximum absolute atomic E-state index is 13.0. The number of halogens is 3. The van der Waals surface area contributed by atoms with Gasteiger partial charge >= 0.3 is 6.18 Å². The van der Waals surface area contributed by atoms with E-state index >= 15 is 0 Å². The largest absolute Gasteiger partial charge is 0.417 e. The van der Waals surface area contributed by atoms with Crippen molar-refractivity contribution in [1.29, 1.82) is 0 Å². The van der Waals surface area contributed by atoms with Crippen LogP contribution in [0.15, 0.2) is 36.5 Å². The normalized spacial score (nSPS) is 15.7. The van der Waals surface area contributed by atoms with Crippen LogP contribution in [0.1, 0.15) is 18.4 Å². The summed E-state index contributed by atoms with van der Waals surface area (Å²) in [5, 5.41) is 4.15. The van der Waals surface area contributed by atoms with Crippen molar-refractivity contribution in [3.8, 4) is 11.3 Å². The van der Waals surface area contributed by atoms with Crippen LogP contribution in [0.5, 0.6) is 0 Å². The molecule has 1 aliphatic rings. The van der Waals surface area contributed by atoms with Gasteiger partial charge in [-0.2, -0.15) is 18.3 Å². The minimum absolute atomic E-state index is 0.202. The molecule has 19 heavy (non-hydrogen) atoms. The zero-order valence-electron chi connectivity index (χ0n) is 10.2. The van der Waals surface area contributed by atoms with Crippen LogP contribution in [0.2, 0.25) is 0 Å². The van der Waals surface area contributed by atoms with Gasteiger partial charge in [0.1, 0.15) is 0 Å². The molecule has 100 valence electrons. The molecule has 3 rings (SSSR count). The third kappa shape index (κ3) is 2.50. The van der Waals surface area contributed by atoms with E-state index in [1.54, 1.807) is 23.0 Å². The van der Waals surface area contributed by atoms with Crippen LogP contribution in [0.25, 0.3) is 11.3 Å². The van der Waals surface area contributed by atoms with Crippen LogP contribution < -0.4 is 0 Å². The first kappa shape index (κ1) is 12.3. The molecule has 2 aromatic rings. The van der Waals surface area contributed by atoms with Gasteiger partial charge in [-0.25, -0.2) is 0 Å². The summed E-state index contributed by atoms with van der Waals surface area (Å²) < 4.78 is 40.7. The van der Waals surface area contributed by atoms with Crippen molar-refractivity contribution in [2.75, 3.05) is 0 Å². The summed E-state index contributed by atoms with van der Waals surface area (Å²) >= 11 is 0. The van der Waals surface area contributed by atoms with E-state index in [0.717, 1.165) is 18.9 Å². The Kier molecular flexibility index (Phi) is 2.84. The van der Waals surface area contributed by atoms with Crippen molar-refractivity contribution < 1.29 is 13.2 Å². The third-order valence-corrected chi connectivity index (χ3v) is 3.35. The molecular formula is C14H13F3N2. The maximum atomic E-state index is 13.0. The minimum atomic E-state index is -4.34. The van der Waals surface area contributed by atoms with E-state index in [2.05, 4.69) is 5.10 Å². The lowest BCUT2D eigenvalue weighted by Crippen LogP contribution is -2.10. The molecule has 1 fully saturated rings. The van der Waals surface area contributed by atoms with E-state index in [9.17, 15) is 13.2 Å². The van der Waals surface area contributed by atoms with E-state index < -0.39 is 11.7 Å². The molecule has 0 aliphatic heterocycles. The zero-order chi connectivity index (χ0) is 13.5. The second-order valence-electron chi connectivity index (χ2n) is 4.89. The molecule has 2 nitrogen and oxygen atoms in total. The molecule has 0 spiro atoms. The lowest BCUT2D eigenvalue weighted by molar-refractivity contribution is -0.137. The van der Waals surface area contributed by atoms with Crippen LogP contribution in [-0.2, 0) is 12.7 Å². The highest BCUT2D eigenvalue weighted by Gasteiger charge is 2.34. The zero-order valence-corrected chi connectivity index (χ0v) is 10.2. The van der Waals surface area contributed by atoms with Gasteiger partial charge in [0.25, 0.3) is 0 Å². The van der Waals surface area contributed by atoms with Gasteiger partial charge in [0.2, 0.25) is 0 Å². The van der Waals surface area contributed by atoms with Gasteiger partial charge in [-0.3, -0.25) is 4.68 Å². The summed E-state index contributed by atoms with van der Waals surface area (Å²) in [7, 11) is 0. The highest BCUT2D eigenvalue weighted by molar-refractivity contribution is 5.64. The van der Waals surface area contributed by atoms with Crippen LogP contribution in [0, 0.1) is 5.92 Å². The molecule has 0 atom stereocenters. The predicted octanol–water partition coefficient (Wildman–Crippen LogP) is 3.98. The maximum Gasteiger partial charge on any atom is 0.417 e. The van der Waals surface area contributed by atoms with E-state index in [1.165, 1.54) is 12.1 Å². The number of benzene rings is 1. The third-order valence-electron chi connectivity index (χ3n) is 3.35. The SMILES string of the molecule is FC(F)(F)c1ccccc1-c1ccnn1CC1CC1. The number of hydrogen-bond donors (Lipinski definition) is 0. The van der Waals surface area contributed by atoms with Crippen LogP contribution in [0.4, 0.5) is 13.2 Å². The lowest BCUT2D eigenvalue weighted by Gasteiger charge is -2.14. The summed E-state index contributed by atoms with van der Waals surface area (Å²) in [5.41, 5.74) is 0.139. The van der Waals surface area contributed by atoms with E-state index in [-0.39, 0.29) is 5.56 Å². The van der Waals surface area contributed by atoms with Gasteiger partial charge in [0.15, 0.2) is 0 Å². The van der Waals surface area contributed by atoms with Gasteiger partial charge in [0.05, 0.1) is 11.3 Å². The number of alkyl halides is 3. The second-order valence-corrected chi connectivity index (χ2v) is 4.89. The van der Waals surface area contributed by atoms with Crippen molar-refractivity contribution >= 4 is 0 Å². The number of nitrogens with zero attached hydrogens (tertiary/aromatic N) is 2.